The van der Waals surface area contributed by atoms with E-state index in [-0.39, 0.29) is 0 Å². The van der Waals surface area contributed by atoms with Crippen LogP contribution in [0.3, 0.4) is 0 Å². The molecule has 3 rings (SSSR count). The molecule has 0 saturated heterocycles. The van der Waals surface area contributed by atoms with E-state index in [1.54, 1.807) is 29.7 Å². The Morgan fingerprint density at radius 1 is 1.50 bits per heavy atom. The van der Waals surface area contributed by atoms with Gasteiger partial charge in [0.05, 0.1) is 23.4 Å². The van der Waals surface area contributed by atoms with Crippen LogP contribution in [0.1, 0.15) is 5.01 Å². The van der Waals surface area contributed by atoms with Gasteiger partial charge in [0.2, 0.25) is 0 Å². The average molecular weight is 262 g/mol. The van der Waals surface area contributed by atoms with Crippen molar-refractivity contribution in [3.8, 4) is 0 Å². The topological polar surface area (TPSA) is 96.9 Å². The van der Waals surface area contributed by atoms with Gasteiger partial charge in [-0.1, -0.05) is 0 Å². The van der Waals surface area contributed by atoms with Crippen LogP contribution in [0.5, 0.6) is 0 Å². The van der Waals surface area contributed by atoms with Crippen molar-refractivity contribution in [2.75, 3.05) is 11.1 Å². The second-order valence-electron chi connectivity index (χ2n) is 3.73. The number of oxazole rings is 1. The van der Waals surface area contributed by atoms with E-state index < -0.39 is 5.76 Å². The van der Waals surface area contributed by atoms with E-state index in [2.05, 4.69) is 15.3 Å². The maximum atomic E-state index is 11.1. The number of nitrogens with zero attached hydrogens (tertiary/aromatic N) is 1. The number of nitrogens with two attached hydrogens (primary N) is 1. The number of aromatic amines is 1. The molecule has 0 saturated carbocycles. The molecule has 0 atom stereocenters. The fraction of sp³-hybridized carbons (Fsp3) is 0.0909. The van der Waals surface area contributed by atoms with Gasteiger partial charge < -0.3 is 15.5 Å². The molecule has 1 aromatic carbocycles. The molecule has 0 radical (unpaired) electrons. The molecular weight excluding hydrogens is 252 g/mol. The van der Waals surface area contributed by atoms with Crippen molar-refractivity contribution >= 4 is 33.8 Å². The van der Waals surface area contributed by atoms with Gasteiger partial charge in [0.25, 0.3) is 0 Å². The number of hydrogen-bond donors (Lipinski definition) is 3. The molecule has 3 aromatic rings. The molecule has 0 amide bonds. The van der Waals surface area contributed by atoms with Crippen LogP contribution in [0, 0.1) is 0 Å². The lowest BCUT2D eigenvalue weighted by molar-refractivity contribution is 0.555. The Labute approximate surface area is 105 Å². The highest BCUT2D eigenvalue weighted by atomic mass is 32.1. The number of anilines is 2. The predicted octanol–water partition coefficient (Wildman–Crippen LogP) is 1.77. The molecule has 0 spiro atoms. The van der Waals surface area contributed by atoms with Gasteiger partial charge in [-0.2, -0.15) is 0 Å². The van der Waals surface area contributed by atoms with Gasteiger partial charge in [0.1, 0.15) is 5.01 Å². The second kappa shape index (κ2) is 4.19. The normalized spacial score (nSPS) is 10.9. The molecule has 7 heteroatoms. The SMILES string of the molecule is Nc1cc2oc(=O)[nH]c2cc1NCc1nccs1. The van der Waals surface area contributed by atoms with Crippen molar-refractivity contribution in [1.82, 2.24) is 9.97 Å². The number of H-pyrrole nitrogens is 1. The Balaban J connectivity index is 1.91. The molecule has 0 aliphatic heterocycles. The highest BCUT2D eigenvalue weighted by Crippen LogP contribution is 2.24. The maximum Gasteiger partial charge on any atom is 0.417 e. The minimum absolute atomic E-state index is 0.456. The first-order valence-electron chi connectivity index (χ1n) is 5.27. The fourth-order valence-corrected chi connectivity index (χ4v) is 2.23. The summed E-state index contributed by atoms with van der Waals surface area (Å²) in [5.74, 6) is -0.485. The van der Waals surface area contributed by atoms with Gasteiger partial charge in [-0.3, -0.25) is 4.98 Å². The lowest BCUT2D eigenvalue weighted by Crippen LogP contribution is -2.02. The first-order chi connectivity index (χ1) is 8.72. The fourth-order valence-electron chi connectivity index (χ4n) is 1.68. The number of fused-ring (bicyclic) bond motifs is 1. The van der Waals surface area contributed by atoms with E-state index in [4.69, 9.17) is 10.2 Å². The zero-order valence-electron chi connectivity index (χ0n) is 9.27. The monoisotopic (exact) mass is 262 g/mol. The van der Waals surface area contributed by atoms with Crippen molar-refractivity contribution in [3.63, 3.8) is 0 Å². The van der Waals surface area contributed by atoms with Crippen molar-refractivity contribution in [3.05, 3.63) is 39.3 Å². The zero-order valence-corrected chi connectivity index (χ0v) is 10.1. The summed E-state index contributed by atoms with van der Waals surface area (Å²) in [4.78, 5) is 17.8. The molecule has 92 valence electrons. The smallest absolute Gasteiger partial charge is 0.408 e. The van der Waals surface area contributed by atoms with E-state index in [0.29, 0.717) is 23.3 Å². The average Bonchev–Trinajstić information content (AvgIpc) is 2.94. The summed E-state index contributed by atoms with van der Waals surface area (Å²) in [5, 5.41) is 6.06. The number of nitrogen functional groups attached to an aromatic ring is 1. The van der Waals surface area contributed by atoms with Crippen LogP contribution < -0.4 is 16.8 Å². The number of hydrogen-bond acceptors (Lipinski definition) is 6. The van der Waals surface area contributed by atoms with Crippen molar-refractivity contribution in [2.45, 2.75) is 6.54 Å². The summed E-state index contributed by atoms with van der Waals surface area (Å²) in [7, 11) is 0. The Bertz CT molecular complexity index is 729. The summed E-state index contributed by atoms with van der Waals surface area (Å²) in [6, 6.07) is 3.38. The van der Waals surface area contributed by atoms with E-state index in [0.717, 1.165) is 10.7 Å². The Kier molecular flexibility index (Phi) is 2.52. The number of benzene rings is 1. The highest BCUT2D eigenvalue weighted by molar-refractivity contribution is 7.09. The summed E-state index contributed by atoms with van der Waals surface area (Å²) >= 11 is 1.57. The van der Waals surface area contributed by atoms with Crippen molar-refractivity contribution in [2.24, 2.45) is 0 Å². The van der Waals surface area contributed by atoms with Gasteiger partial charge in [0.15, 0.2) is 5.58 Å². The molecule has 2 heterocycles. The van der Waals surface area contributed by atoms with Crippen LogP contribution in [-0.2, 0) is 6.54 Å². The molecule has 2 aromatic heterocycles. The molecule has 0 unspecified atom stereocenters. The lowest BCUT2D eigenvalue weighted by atomic mass is 10.2. The molecule has 0 aliphatic rings. The predicted molar refractivity (Wildman–Crippen MR) is 70.7 cm³/mol. The van der Waals surface area contributed by atoms with E-state index in [1.807, 2.05) is 5.38 Å². The van der Waals surface area contributed by atoms with Gasteiger partial charge in [-0.05, 0) is 6.07 Å². The number of rotatable bonds is 3. The molecule has 18 heavy (non-hydrogen) atoms. The maximum absolute atomic E-state index is 11.1. The van der Waals surface area contributed by atoms with Gasteiger partial charge >= 0.3 is 5.76 Å². The van der Waals surface area contributed by atoms with Crippen LogP contribution in [0.4, 0.5) is 11.4 Å². The van der Waals surface area contributed by atoms with Crippen LogP contribution in [-0.4, -0.2) is 9.97 Å². The largest absolute Gasteiger partial charge is 0.417 e. The molecule has 0 fully saturated rings. The summed E-state index contributed by atoms with van der Waals surface area (Å²) in [6.07, 6.45) is 1.75. The third kappa shape index (κ3) is 1.95. The Morgan fingerprint density at radius 3 is 3.17 bits per heavy atom. The number of thiazole rings is 1. The second-order valence-corrected chi connectivity index (χ2v) is 4.71. The van der Waals surface area contributed by atoms with E-state index in [9.17, 15) is 4.79 Å². The van der Waals surface area contributed by atoms with E-state index in [1.165, 1.54) is 0 Å². The Hall–Kier alpha value is -2.28. The summed E-state index contributed by atoms with van der Waals surface area (Å²) in [5.41, 5.74) is 8.23. The van der Waals surface area contributed by atoms with Crippen molar-refractivity contribution < 1.29 is 4.42 Å². The minimum atomic E-state index is -0.485. The van der Waals surface area contributed by atoms with E-state index >= 15 is 0 Å². The first-order valence-corrected chi connectivity index (χ1v) is 6.15. The first kappa shape index (κ1) is 10.8. The van der Waals surface area contributed by atoms with Crippen LogP contribution in [0.15, 0.2) is 32.9 Å². The summed E-state index contributed by atoms with van der Waals surface area (Å²) in [6.45, 7) is 0.593. The standard InChI is InChI=1S/C11H10N4O2S/c12-6-3-9-8(15-11(16)17-9)4-7(6)14-5-10-13-1-2-18-10/h1-4,14H,5,12H2,(H,15,16). The molecule has 4 N–H and O–H groups in total. The molecule has 6 nitrogen and oxygen atoms in total. The van der Waals surface area contributed by atoms with Gasteiger partial charge in [0, 0.05) is 17.6 Å². The summed E-state index contributed by atoms with van der Waals surface area (Å²) < 4.78 is 4.92. The molecular formula is C11H10N4O2S. The third-order valence-corrected chi connectivity index (χ3v) is 3.28. The van der Waals surface area contributed by atoms with Gasteiger partial charge in [-0.25, -0.2) is 9.78 Å². The number of nitrogens with one attached hydrogen (secondary N) is 2. The lowest BCUT2D eigenvalue weighted by Gasteiger charge is -2.07. The number of aromatic nitrogens is 2. The van der Waals surface area contributed by atoms with Crippen LogP contribution >= 0.6 is 11.3 Å². The molecule has 0 aliphatic carbocycles. The highest BCUT2D eigenvalue weighted by Gasteiger charge is 2.07. The third-order valence-electron chi connectivity index (χ3n) is 2.50. The quantitative estimate of drug-likeness (QED) is 0.625. The minimum Gasteiger partial charge on any atom is -0.408 e. The van der Waals surface area contributed by atoms with Crippen LogP contribution in [0.2, 0.25) is 0 Å². The van der Waals surface area contributed by atoms with Crippen LogP contribution in [0.25, 0.3) is 11.1 Å². The zero-order chi connectivity index (χ0) is 12.5. The van der Waals surface area contributed by atoms with Gasteiger partial charge in [-0.15, -0.1) is 11.3 Å². The molecule has 0 bridgehead atoms. The van der Waals surface area contributed by atoms with Crippen molar-refractivity contribution in [1.29, 1.82) is 0 Å². The Morgan fingerprint density at radius 2 is 2.39 bits per heavy atom.